The lowest BCUT2D eigenvalue weighted by atomic mass is 9.93. The number of carbonyl (C=O) groups excluding carboxylic acids is 1. The van der Waals surface area contributed by atoms with Gasteiger partial charge in [-0.25, -0.2) is 9.21 Å². The van der Waals surface area contributed by atoms with Crippen LogP contribution in [0.4, 0.5) is 0 Å². The van der Waals surface area contributed by atoms with Crippen molar-refractivity contribution in [3.8, 4) is 0 Å². The summed E-state index contributed by atoms with van der Waals surface area (Å²) in [5.74, 6) is -0.275. The maximum Gasteiger partial charge on any atom is 0.338 e. The molecule has 0 aromatic heterocycles. The number of halogens is 1. The van der Waals surface area contributed by atoms with Gasteiger partial charge in [0, 0.05) is 37.3 Å². The van der Waals surface area contributed by atoms with E-state index in [9.17, 15) is 9.90 Å². The van der Waals surface area contributed by atoms with E-state index >= 15 is 0 Å². The Kier molecular flexibility index (Phi) is 4.40. The van der Waals surface area contributed by atoms with E-state index < -0.39 is 6.10 Å². The molecule has 2 heterocycles. The average molecular weight is 339 g/mol. The van der Waals surface area contributed by atoms with Crippen LogP contribution in [0.15, 0.2) is 12.1 Å². The summed E-state index contributed by atoms with van der Waals surface area (Å²) in [5.41, 5.74) is 3.25. The molecule has 0 saturated carbocycles. The zero-order valence-corrected chi connectivity index (χ0v) is 14.6. The fraction of sp³-hybridized carbons (Fsp3) is 0.588. The minimum atomic E-state index is -0.600. The van der Waals surface area contributed by atoms with Crippen molar-refractivity contribution < 1.29 is 14.6 Å². The Morgan fingerprint density at radius 2 is 2.13 bits per heavy atom. The van der Waals surface area contributed by atoms with Crippen molar-refractivity contribution >= 4 is 17.7 Å². The van der Waals surface area contributed by atoms with E-state index in [-0.39, 0.29) is 11.5 Å². The van der Waals surface area contributed by atoms with E-state index in [1.165, 1.54) is 0 Å². The van der Waals surface area contributed by atoms with E-state index in [2.05, 4.69) is 18.7 Å². The molecule has 1 N–H and O–H groups in total. The monoisotopic (exact) mass is 338 g/mol. The smallest absolute Gasteiger partial charge is 0.338 e. The van der Waals surface area contributed by atoms with Gasteiger partial charge in [0.25, 0.3) is 0 Å². The Morgan fingerprint density at radius 1 is 1.39 bits per heavy atom. The lowest BCUT2D eigenvalue weighted by Gasteiger charge is -2.45. The maximum atomic E-state index is 11.6. The van der Waals surface area contributed by atoms with Crippen LogP contribution in [0.1, 0.15) is 47.0 Å². The molecular weight excluding hydrogens is 316 g/mol. The predicted molar refractivity (Wildman–Crippen MR) is 88.3 cm³/mol. The summed E-state index contributed by atoms with van der Waals surface area (Å²) in [4.78, 5) is 13.9. The molecule has 1 aromatic rings. The standard InChI is InChI=1S/C17H23ClN2O3/c1-11-12(4-5-13-14(11)9-23-16(13)22)15(21)8-19-6-7-20(18)10-17(19,2)3/h4-5,15,21H,6-10H2,1-3H3/t15-/m0/s1. The molecule has 3 rings (SSSR count). The van der Waals surface area contributed by atoms with E-state index in [0.29, 0.717) is 18.7 Å². The SMILES string of the molecule is Cc1c([C@@H](O)CN2CCN(Cl)CC2(C)C)ccc2c1COC2=O. The minimum absolute atomic E-state index is 0.0926. The molecule has 0 amide bonds. The van der Waals surface area contributed by atoms with Crippen LogP contribution in [0.25, 0.3) is 0 Å². The summed E-state index contributed by atoms with van der Waals surface area (Å²) in [6, 6.07) is 3.61. The summed E-state index contributed by atoms with van der Waals surface area (Å²) < 4.78 is 6.88. The number of rotatable bonds is 3. The van der Waals surface area contributed by atoms with Gasteiger partial charge in [0.1, 0.15) is 6.61 Å². The van der Waals surface area contributed by atoms with Gasteiger partial charge in [-0.15, -0.1) is 0 Å². The van der Waals surface area contributed by atoms with E-state index in [0.717, 1.165) is 36.3 Å². The molecule has 0 radical (unpaired) electrons. The van der Waals surface area contributed by atoms with Crippen molar-refractivity contribution in [1.29, 1.82) is 0 Å². The van der Waals surface area contributed by atoms with Crippen LogP contribution in [0, 0.1) is 6.92 Å². The van der Waals surface area contributed by atoms with Gasteiger partial charge in [-0.05, 0) is 49.7 Å². The van der Waals surface area contributed by atoms with Gasteiger partial charge in [-0.3, -0.25) is 4.90 Å². The number of β-amino-alcohol motifs (C(OH)–C–C–N with tert-alkyl or cyclic N) is 1. The molecule has 2 aliphatic rings. The fourth-order valence-electron chi connectivity index (χ4n) is 3.50. The molecule has 0 bridgehead atoms. The zero-order chi connectivity index (χ0) is 16.8. The number of nitrogens with zero attached hydrogens (tertiary/aromatic N) is 2. The second kappa shape index (κ2) is 6.06. The number of piperazine rings is 1. The number of aliphatic hydroxyl groups excluding tert-OH is 1. The number of cyclic esters (lactones) is 1. The number of esters is 1. The van der Waals surface area contributed by atoms with Gasteiger partial charge < -0.3 is 9.84 Å². The normalized spacial score (nSPS) is 22.7. The first-order valence-electron chi connectivity index (χ1n) is 7.93. The van der Waals surface area contributed by atoms with Crippen molar-refractivity contribution in [3.05, 3.63) is 34.4 Å². The van der Waals surface area contributed by atoms with Crippen LogP contribution >= 0.6 is 11.8 Å². The average Bonchev–Trinajstić information content (AvgIpc) is 2.84. The molecule has 1 saturated heterocycles. The Morgan fingerprint density at radius 3 is 2.83 bits per heavy atom. The lowest BCUT2D eigenvalue weighted by Crippen LogP contribution is -2.57. The Bertz CT molecular complexity index is 633. The number of fused-ring (bicyclic) bond motifs is 1. The molecule has 5 nitrogen and oxygen atoms in total. The summed E-state index contributed by atoms with van der Waals surface area (Å²) >= 11 is 6.12. The molecule has 126 valence electrons. The highest BCUT2D eigenvalue weighted by Gasteiger charge is 2.35. The van der Waals surface area contributed by atoms with E-state index in [1.807, 2.05) is 13.0 Å². The van der Waals surface area contributed by atoms with Gasteiger partial charge in [-0.1, -0.05) is 6.07 Å². The summed E-state index contributed by atoms with van der Waals surface area (Å²) in [6.07, 6.45) is -0.600. The van der Waals surface area contributed by atoms with Crippen molar-refractivity contribution in [3.63, 3.8) is 0 Å². The molecule has 23 heavy (non-hydrogen) atoms. The maximum absolute atomic E-state index is 11.6. The number of carbonyl (C=O) groups is 1. The first-order valence-corrected chi connectivity index (χ1v) is 8.27. The third-order valence-corrected chi connectivity index (χ3v) is 5.28. The third-order valence-electron chi connectivity index (χ3n) is 4.99. The van der Waals surface area contributed by atoms with Crippen molar-refractivity contribution in [2.45, 2.75) is 39.0 Å². The van der Waals surface area contributed by atoms with Crippen LogP contribution in [0.3, 0.4) is 0 Å². The quantitative estimate of drug-likeness (QED) is 0.676. The number of benzene rings is 1. The first kappa shape index (κ1) is 16.7. The Balaban J connectivity index is 1.79. The van der Waals surface area contributed by atoms with E-state index in [1.54, 1.807) is 10.5 Å². The van der Waals surface area contributed by atoms with Gasteiger partial charge in [0.15, 0.2) is 0 Å². The molecule has 0 aliphatic carbocycles. The van der Waals surface area contributed by atoms with Crippen molar-refractivity contribution in [2.75, 3.05) is 26.2 Å². The highest BCUT2D eigenvalue weighted by Crippen LogP contribution is 2.31. The van der Waals surface area contributed by atoms with Gasteiger partial charge in [0.05, 0.1) is 11.7 Å². The number of ether oxygens (including phenoxy) is 1. The van der Waals surface area contributed by atoms with Crippen LogP contribution in [-0.4, -0.2) is 52.1 Å². The Hall–Kier alpha value is -1.14. The number of aliphatic hydroxyl groups is 1. The lowest BCUT2D eigenvalue weighted by molar-refractivity contribution is 0.0126. The largest absolute Gasteiger partial charge is 0.457 e. The highest BCUT2D eigenvalue weighted by molar-refractivity contribution is 6.13. The summed E-state index contributed by atoms with van der Waals surface area (Å²) in [7, 11) is 0. The zero-order valence-electron chi connectivity index (χ0n) is 13.8. The van der Waals surface area contributed by atoms with Gasteiger partial charge in [-0.2, -0.15) is 0 Å². The Labute approximate surface area is 141 Å². The molecule has 1 aromatic carbocycles. The van der Waals surface area contributed by atoms with Crippen LogP contribution in [0.2, 0.25) is 0 Å². The van der Waals surface area contributed by atoms with Crippen molar-refractivity contribution in [2.24, 2.45) is 0 Å². The number of hydrogen-bond donors (Lipinski definition) is 1. The molecule has 0 spiro atoms. The van der Waals surface area contributed by atoms with Crippen LogP contribution < -0.4 is 0 Å². The molecule has 0 unspecified atom stereocenters. The van der Waals surface area contributed by atoms with E-state index in [4.69, 9.17) is 16.5 Å². The highest BCUT2D eigenvalue weighted by atomic mass is 35.5. The molecular formula is C17H23ClN2O3. The number of hydrogen-bond acceptors (Lipinski definition) is 5. The topological polar surface area (TPSA) is 53.0 Å². The second-order valence-electron chi connectivity index (χ2n) is 7.00. The second-order valence-corrected chi connectivity index (χ2v) is 7.48. The third kappa shape index (κ3) is 3.11. The molecule has 6 heteroatoms. The fourth-order valence-corrected chi connectivity index (χ4v) is 3.87. The van der Waals surface area contributed by atoms with Crippen molar-refractivity contribution in [1.82, 2.24) is 9.32 Å². The van der Waals surface area contributed by atoms with Crippen LogP contribution in [-0.2, 0) is 11.3 Å². The first-order chi connectivity index (χ1) is 10.8. The van der Waals surface area contributed by atoms with Gasteiger partial charge in [0.2, 0.25) is 0 Å². The summed E-state index contributed by atoms with van der Waals surface area (Å²) in [6.45, 7) is 9.42. The predicted octanol–water partition coefficient (Wildman–Crippen LogP) is 2.25. The van der Waals surface area contributed by atoms with Gasteiger partial charge >= 0.3 is 5.97 Å². The molecule has 1 atom stereocenters. The molecule has 1 fully saturated rings. The molecule has 2 aliphatic heterocycles. The summed E-state index contributed by atoms with van der Waals surface area (Å²) in [5, 5.41) is 10.7. The minimum Gasteiger partial charge on any atom is -0.457 e. The van der Waals surface area contributed by atoms with Crippen LogP contribution in [0.5, 0.6) is 0 Å².